The molecule has 13 heavy (non-hydrogen) atoms. The van der Waals surface area contributed by atoms with E-state index in [1.54, 1.807) is 35.4 Å². The number of aldehydes is 1. The molecule has 0 unspecified atom stereocenters. The molecule has 0 bridgehead atoms. The molecular weight excluding hydrogens is 168 g/mol. The summed E-state index contributed by atoms with van der Waals surface area (Å²) in [7, 11) is 0. The fourth-order valence-corrected chi connectivity index (χ4v) is 0.931. The van der Waals surface area contributed by atoms with Gasteiger partial charge in [-0.3, -0.25) is 9.36 Å². The van der Waals surface area contributed by atoms with Crippen LogP contribution in [0.2, 0.25) is 0 Å². The number of aromatic nitrogens is 4. The van der Waals surface area contributed by atoms with Gasteiger partial charge in [0.2, 0.25) is 0 Å². The van der Waals surface area contributed by atoms with E-state index in [9.17, 15) is 4.79 Å². The molecule has 2 rings (SSSR count). The first-order chi connectivity index (χ1) is 6.40. The van der Waals surface area contributed by atoms with Gasteiger partial charge in [-0.05, 0) is 12.1 Å². The van der Waals surface area contributed by atoms with Crippen LogP contribution in [0, 0.1) is 0 Å². The second kappa shape index (κ2) is 3.14. The zero-order valence-corrected chi connectivity index (χ0v) is 6.66. The van der Waals surface area contributed by atoms with E-state index in [-0.39, 0.29) is 0 Å². The van der Waals surface area contributed by atoms with E-state index >= 15 is 0 Å². The van der Waals surface area contributed by atoms with Crippen molar-refractivity contribution >= 4 is 6.29 Å². The van der Waals surface area contributed by atoms with Gasteiger partial charge in [-0.1, -0.05) is 0 Å². The summed E-state index contributed by atoms with van der Waals surface area (Å²) in [6.07, 6.45) is 5.68. The molecule has 2 aromatic rings. The summed E-state index contributed by atoms with van der Waals surface area (Å²) in [6, 6.07) is 3.31. The summed E-state index contributed by atoms with van der Waals surface area (Å²) < 4.78 is 1.71. The summed E-state index contributed by atoms with van der Waals surface area (Å²) in [5, 5.41) is 7.52. The van der Waals surface area contributed by atoms with Crippen molar-refractivity contribution in [3.05, 3.63) is 36.5 Å². The third-order valence-corrected chi connectivity index (χ3v) is 1.56. The average Bonchev–Trinajstić information content (AvgIpc) is 2.71. The smallest absolute Gasteiger partial charge is 0.170 e. The van der Waals surface area contributed by atoms with Crippen molar-refractivity contribution in [2.75, 3.05) is 0 Å². The van der Waals surface area contributed by atoms with Gasteiger partial charge in [0, 0.05) is 12.4 Å². The minimum Gasteiger partial charge on any atom is -0.296 e. The molecule has 0 aliphatic carbocycles. The standard InChI is InChI=1S/C8H6N4O/c13-5-7-1-2-8(11-10-7)12-4-3-9-6-12/h1-6H. The molecule has 0 fully saturated rings. The number of rotatable bonds is 2. The molecular formula is C8H6N4O. The minimum absolute atomic E-state index is 0.323. The molecule has 5 nitrogen and oxygen atoms in total. The Balaban J connectivity index is 2.38. The molecule has 0 atom stereocenters. The SMILES string of the molecule is O=Cc1ccc(-n2ccnc2)nn1. The van der Waals surface area contributed by atoms with Crippen molar-refractivity contribution in [2.24, 2.45) is 0 Å². The van der Waals surface area contributed by atoms with Crippen LogP contribution in [0.4, 0.5) is 0 Å². The van der Waals surface area contributed by atoms with Crippen LogP contribution in [0.1, 0.15) is 10.5 Å². The Kier molecular flexibility index (Phi) is 1.84. The molecule has 0 aliphatic rings. The number of hydrogen-bond donors (Lipinski definition) is 0. The van der Waals surface area contributed by atoms with Crippen LogP contribution in [0.15, 0.2) is 30.9 Å². The Hall–Kier alpha value is -2.04. The van der Waals surface area contributed by atoms with Crippen molar-refractivity contribution in [1.29, 1.82) is 0 Å². The highest BCUT2D eigenvalue weighted by atomic mass is 16.1. The molecule has 0 spiro atoms. The first-order valence-corrected chi connectivity index (χ1v) is 3.67. The third-order valence-electron chi connectivity index (χ3n) is 1.56. The summed E-state index contributed by atoms with van der Waals surface area (Å²) in [5.41, 5.74) is 0.323. The maximum Gasteiger partial charge on any atom is 0.170 e. The predicted molar refractivity (Wildman–Crippen MR) is 44.5 cm³/mol. The molecule has 0 N–H and O–H groups in total. The Morgan fingerprint density at radius 3 is 2.77 bits per heavy atom. The Morgan fingerprint density at radius 1 is 1.31 bits per heavy atom. The van der Waals surface area contributed by atoms with E-state index in [4.69, 9.17) is 0 Å². The van der Waals surface area contributed by atoms with Gasteiger partial charge in [0.25, 0.3) is 0 Å². The number of carbonyl (C=O) groups is 1. The Morgan fingerprint density at radius 2 is 2.23 bits per heavy atom. The molecule has 5 heteroatoms. The molecule has 2 aromatic heterocycles. The molecule has 2 heterocycles. The van der Waals surface area contributed by atoms with Crippen LogP contribution in [-0.2, 0) is 0 Å². The highest BCUT2D eigenvalue weighted by Crippen LogP contribution is 2.00. The topological polar surface area (TPSA) is 60.7 Å². The first-order valence-electron chi connectivity index (χ1n) is 3.67. The zero-order chi connectivity index (χ0) is 9.10. The second-order valence-corrected chi connectivity index (χ2v) is 2.40. The fourth-order valence-electron chi connectivity index (χ4n) is 0.931. The zero-order valence-electron chi connectivity index (χ0n) is 6.66. The van der Waals surface area contributed by atoms with E-state index < -0.39 is 0 Å². The van der Waals surface area contributed by atoms with Crippen molar-refractivity contribution < 1.29 is 4.79 Å². The van der Waals surface area contributed by atoms with E-state index in [1.165, 1.54) is 0 Å². The van der Waals surface area contributed by atoms with E-state index in [0.29, 0.717) is 17.8 Å². The van der Waals surface area contributed by atoms with Crippen LogP contribution in [0.5, 0.6) is 0 Å². The molecule has 0 aliphatic heterocycles. The van der Waals surface area contributed by atoms with Crippen LogP contribution in [0.3, 0.4) is 0 Å². The lowest BCUT2D eigenvalue weighted by atomic mass is 10.4. The number of nitrogens with zero attached hydrogens (tertiary/aromatic N) is 4. The molecule has 0 radical (unpaired) electrons. The lowest BCUT2D eigenvalue weighted by Crippen LogP contribution is -1.98. The van der Waals surface area contributed by atoms with Gasteiger partial charge in [0.15, 0.2) is 12.1 Å². The Labute approximate surface area is 74.1 Å². The third kappa shape index (κ3) is 1.44. The fraction of sp³-hybridized carbons (Fsp3) is 0. The van der Waals surface area contributed by atoms with Gasteiger partial charge in [-0.25, -0.2) is 4.98 Å². The summed E-state index contributed by atoms with van der Waals surface area (Å²) in [5.74, 6) is 0.642. The van der Waals surface area contributed by atoms with Crippen molar-refractivity contribution in [1.82, 2.24) is 19.7 Å². The molecule has 64 valence electrons. The lowest BCUT2D eigenvalue weighted by molar-refractivity contribution is 0.111. The van der Waals surface area contributed by atoms with Gasteiger partial charge in [-0.2, -0.15) is 0 Å². The molecule has 0 saturated carbocycles. The van der Waals surface area contributed by atoms with Crippen LogP contribution in [0.25, 0.3) is 5.82 Å². The van der Waals surface area contributed by atoms with Gasteiger partial charge >= 0.3 is 0 Å². The quantitative estimate of drug-likeness (QED) is 0.621. The number of carbonyl (C=O) groups excluding carboxylic acids is 1. The van der Waals surface area contributed by atoms with Crippen molar-refractivity contribution in [3.8, 4) is 5.82 Å². The minimum atomic E-state index is 0.323. The molecule has 0 aromatic carbocycles. The van der Waals surface area contributed by atoms with Crippen molar-refractivity contribution in [2.45, 2.75) is 0 Å². The summed E-state index contributed by atoms with van der Waals surface area (Å²) >= 11 is 0. The summed E-state index contributed by atoms with van der Waals surface area (Å²) in [4.78, 5) is 14.1. The highest BCUT2D eigenvalue weighted by molar-refractivity contribution is 5.71. The second-order valence-electron chi connectivity index (χ2n) is 2.40. The van der Waals surface area contributed by atoms with Crippen molar-refractivity contribution in [3.63, 3.8) is 0 Å². The maximum atomic E-state index is 10.3. The number of imidazole rings is 1. The molecule has 0 amide bonds. The van der Waals surface area contributed by atoms with Crippen LogP contribution >= 0.6 is 0 Å². The monoisotopic (exact) mass is 174 g/mol. The lowest BCUT2D eigenvalue weighted by Gasteiger charge is -1.97. The maximum absolute atomic E-state index is 10.3. The normalized spacial score (nSPS) is 9.85. The Bertz CT molecular complexity index is 393. The van der Waals surface area contributed by atoms with Crippen LogP contribution in [-0.4, -0.2) is 26.0 Å². The average molecular weight is 174 g/mol. The number of hydrogen-bond acceptors (Lipinski definition) is 4. The highest BCUT2D eigenvalue weighted by Gasteiger charge is 1.97. The summed E-state index contributed by atoms with van der Waals surface area (Å²) in [6.45, 7) is 0. The van der Waals surface area contributed by atoms with Gasteiger partial charge in [-0.15, -0.1) is 10.2 Å². The van der Waals surface area contributed by atoms with Gasteiger partial charge in [0.05, 0.1) is 0 Å². The van der Waals surface area contributed by atoms with E-state index in [1.807, 2.05) is 0 Å². The van der Waals surface area contributed by atoms with Crippen LogP contribution < -0.4 is 0 Å². The van der Waals surface area contributed by atoms with Gasteiger partial charge in [0.1, 0.15) is 12.0 Å². The first kappa shape index (κ1) is 7.60. The van der Waals surface area contributed by atoms with E-state index in [0.717, 1.165) is 0 Å². The van der Waals surface area contributed by atoms with E-state index in [2.05, 4.69) is 15.2 Å². The largest absolute Gasteiger partial charge is 0.296 e. The predicted octanol–water partition coefficient (Wildman–Crippen LogP) is 0.475. The molecule has 0 saturated heterocycles. The van der Waals surface area contributed by atoms with Gasteiger partial charge < -0.3 is 0 Å².